The highest BCUT2D eigenvalue weighted by Gasteiger charge is 2.36. The summed E-state index contributed by atoms with van der Waals surface area (Å²) >= 11 is 0. The summed E-state index contributed by atoms with van der Waals surface area (Å²) in [5.41, 5.74) is 3.40. The van der Waals surface area contributed by atoms with E-state index in [-0.39, 0.29) is 6.03 Å². The number of H-pyrrole nitrogens is 1. The van der Waals surface area contributed by atoms with Crippen LogP contribution in [0.4, 0.5) is 10.5 Å². The number of esters is 1. The summed E-state index contributed by atoms with van der Waals surface area (Å²) in [5.74, 6) is 0.318. The number of hydrogen-bond acceptors (Lipinski definition) is 8. The fourth-order valence-corrected chi connectivity index (χ4v) is 3.76. The highest BCUT2D eigenvalue weighted by Crippen LogP contribution is 2.32. The third kappa shape index (κ3) is 4.22. The van der Waals surface area contributed by atoms with Crippen LogP contribution in [0.3, 0.4) is 0 Å². The van der Waals surface area contributed by atoms with E-state index in [9.17, 15) is 9.59 Å². The fraction of sp³-hybridized carbons (Fsp3) is 0.217. The van der Waals surface area contributed by atoms with Gasteiger partial charge < -0.3 is 24.5 Å². The van der Waals surface area contributed by atoms with E-state index in [1.54, 1.807) is 66.9 Å². The standard InChI is InChI=1S/C23H21N7O4/c1-2-33-22(31)15-3-5-16(6-4-15)27-23(32)30-12-18-17(25-13-26-18)11-19(30)21-28-20(29-34-21)14-7-9-24-10-8-14/h3-10,13,19H,2,11-12H2,1H3,(H,25,26)(H,27,32). The lowest BCUT2D eigenvalue weighted by molar-refractivity contribution is 0.0526. The van der Waals surface area contributed by atoms with Gasteiger partial charge in [-0.3, -0.25) is 4.98 Å². The monoisotopic (exact) mass is 459 g/mol. The molecule has 0 bridgehead atoms. The number of fused-ring (bicyclic) bond motifs is 1. The van der Waals surface area contributed by atoms with Crippen LogP contribution in [0.25, 0.3) is 11.4 Å². The number of carbonyl (C=O) groups is 2. The maximum Gasteiger partial charge on any atom is 0.338 e. The van der Waals surface area contributed by atoms with Gasteiger partial charge in [-0.1, -0.05) is 5.16 Å². The predicted molar refractivity (Wildman–Crippen MR) is 120 cm³/mol. The number of anilines is 1. The van der Waals surface area contributed by atoms with Crippen LogP contribution < -0.4 is 5.32 Å². The van der Waals surface area contributed by atoms with Crippen LogP contribution in [0.15, 0.2) is 59.6 Å². The van der Waals surface area contributed by atoms with Gasteiger partial charge in [0.2, 0.25) is 11.7 Å². The number of nitrogens with one attached hydrogen (secondary N) is 2. The van der Waals surface area contributed by atoms with E-state index in [2.05, 4.69) is 30.4 Å². The molecule has 4 aromatic rings. The molecule has 3 aromatic heterocycles. The molecule has 11 nitrogen and oxygen atoms in total. The smallest absolute Gasteiger partial charge is 0.338 e. The number of hydrogen-bond donors (Lipinski definition) is 2. The Hall–Kier alpha value is -4.54. The van der Waals surface area contributed by atoms with Crippen molar-refractivity contribution in [3.63, 3.8) is 0 Å². The second-order valence-electron chi connectivity index (χ2n) is 7.60. The number of urea groups is 1. The van der Waals surface area contributed by atoms with Gasteiger partial charge in [-0.05, 0) is 43.3 Å². The first-order chi connectivity index (χ1) is 16.6. The van der Waals surface area contributed by atoms with Crippen LogP contribution in [0.1, 0.15) is 40.6 Å². The van der Waals surface area contributed by atoms with Gasteiger partial charge in [0, 0.05) is 30.1 Å². The number of aromatic amines is 1. The van der Waals surface area contributed by atoms with E-state index in [0.717, 1.165) is 17.0 Å². The van der Waals surface area contributed by atoms with Crippen LogP contribution >= 0.6 is 0 Å². The van der Waals surface area contributed by atoms with Gasteiger partial charge >= 0.3 is 12.0 Å². The molecular formula is C23H21N7O4. The number of ether oxygens (including phenoxy) is 1. The lowest BCUT2D eigenvalue weighted by Crippen LogP contribution is -2.41. The zero-order chi connectivity index (χ0) is 23.5. The molecule has 11 heteroatoms. The summed E-state index contributed by atoms with van der Waals surface area (Å²) in [5, 5.41) is 6.95. The number of benzene rings is 1. The summed E-state index contributed by atoms with van der Waals surface area (Å²) in [6.45, 7) is 2.33. The molecular weight excluding hydrogens is 438 g/mol. The van der Waals surface area contributed by atoms with Crippen molar-refractivity contribution in [3.8, 4) is 11.4 Å². The molecule has 0 radical (unpaired) electrons. The van der Waals surface area contributed by atoms with E-state index < -0.39 is 12.0 Å². The first-order valence-electron chi connectivity index (χ1n) is 10.7. The van der Waals surface area contributed by atoms with Gasteiger partial charge in [-0.2, -0.15) is 4.98 Å². The molecule has 0 fully saturated rings. The summed E-state index contributed by atoms with van der Waals surface area (Å²) in [6.07, 6.45) is 5.32. The summed E-state index contributed by atoms with van der Waals surface area (Å²) in [7, 11) is 0. The van der Waals surface area contributed by atoms with Gasteiger partial charge in [0.05, 0.1) is 36.4 Å². The van der Waals surface area contributed by atoms with Crippen molar-refractivity contribution < 1.29 is 18.8 Å². The number of nitrogens with zero attached hydrogens (tertiary/aromatic N) is 5. The number of pyridine rings is 1. The van der Waals surface area contributed by atoms with Crippen LogP contribution in [0.2, 0.25) is 0 Å². The zero-order valence-corrected chi connectivity index (χ0v) is 18.3. The molecule has 0 saturated heterocycles. The van der Waals surface area contributed by atoms with Crippen LogP contribution in [-0.4, -0.2) is 48.6 Å². The largest absolute Gasteiger partial charge is 0.462 e. The number of carbonyl (C=O) groups excluding carboxylic acids is 2. The normalized spacial score (nSPS) is 15.0. The average molecular weight is 459 g/mol. The van der Waals surface area contributed by atoms with Crippen molar-refractivity contribution in [1.82, 2.24) is 30.0 Å². The minimum Gasteiger partial charge on any atom is -0.462 e. The molecule has 0 saturated carbocycles. The molecule has 4 heterocycles. The zero-order valence-electron chi connectivity index (χ0n) is 18.3. The number of imidazole rings is 1. The molecule has 1 unspecified atom stereocenters. The third-order valence-electron chi connectivity index (χ3n) is 5.47. The summed E-state index contributed by atoms with van der Waals surface area (Å²) in [4.78, 5) is 42.7. The van der Waals surface area contributed by atoms with Gasteiger partial charge in [0.1, 0.15) is 6.04 Å². The van der Waals surface area contributed by atoms with Crippen LogP contribution in [-0.2, 0) is 17.7 Å². The molecule has 1 aliphatic heterocycles. The molecule has 1 aliphatic rings. The Morgan fingerprint density at radius 3 is 2.76 bits per heavy atom. The molecule has 172 valence electrons. The van der Waals surface area contributed by atoms with Gasteiger partial charge in [-0.15, -0.1) is 0 Å². The Morgan fingerprint density at radius 2 is 2.00 bits per heavy atom. The Morgan fingerprint density at radius 1 is 1.21 bits per heavy atom. The lowest BCUT2D eigenvalue weighted by Gasteiger charge is -2.32. The summed E-state index contributed by atoms with van der Waals surface area (Å²) < 4.78 is 10.5. The molecule has 1 atom stereocenters. The van der Waals surface area contributed by atoms with Crippen molar-refractivity contribution in [1.29, 1.82) is 0 Å². The highest BCUT2D eigenvalue weighted by atomic mass is 16.5. The van der Waals surface area contributed by atoms with Crippen LogP contribution in [0, 0.1) is 0 Å². The second-order valence-corrected chi connectivity index (χ2v) is 7.60. The lowest BCUT2D eigenvalue weighted by atomic mass is 10.0. The Bertz CT molecular complexity index is 1300. The minimum absolute atomic E-state index is 0.291. The number of rotatable bonds is 5. The van der Waals surface area contributed by atoms with Crippen molar-refractivity contribution in [2.75, 3.05) is 11.9 Å². The third-order valence-corrected chi connectivity index (χ3v) is 5.47. The predicted octanol–water partition coefficient (Wildman–Crippen LogP) is 3.36. The topological polar surface area (TPSA) is 139 Å². The van der Waals surface area contributed by atoms with Gasteiger partial charge in [0.25, 0.3) is 0 Å². The maximum absolute atomic E-state index is 13.3. The van der Waals surface area contributed by atoms with Crippen molar-refractivity contribution in [3.05, 3.63) is 78.0 Å². The highest BCUT2D eigenvalue weighted by molar-refractivity contribution is 5.92. The number of amides is 2. The number of aromatic nitrogens is 5. The SMILES string of the molecule is CCOC(=O)c1ccc(NC(=O)N2Cc3[nH]cnc3CC2c2nc(-c3ccncc3)no2)cc1. The molecule has 1 aromatic carbocycles. The Labute approximate surface area is 194 Å². The van der Waals surface area contributed by atoms with E-state index in [1.807, 2.05) is 0 Å². The molecule has 2 amide bonds. The quantitative estimate of drug-likeness (QED) is 0.433. The van der Waals surface area contributed by atoms with E-state index in [1.165, 1.54) is 0 Å². The molecule has 2 N–H and O–H groups in total. The fourth-order valence-electron chi connectivity index (χ4n) is 3.76. The molecule has 5 rings (SSSR count). The maximum atomic E-state index is 13.3. The van der Waals surface area contributed by atoms with Gasteiger partial charge in [-0.25, -0.2) is 14.6 Å². The van der Waals surface area contributed by atoms with Crippen molar-refractivity contribution in [2.24, 2.45) is 0 Å². The molecule has 34 heavy (non-hydrogen) atoms. The van der Waals surface area contributed by atoms with Crippen molar-refractivity contribution in [2.45, 2.75) is 25.9 Å². The van der Waals surface area contributed by atoms with Crippen molar-refractivity contribution >= 4 is 17.7 Å². The minimum atomic E-state index is -0.502. The molecule has 0 aliphatic carbocycles. The second kappa shape index (κ2) is 9.14. The van der Waals surface area contributed by atoms with Gasteiger partial charge in [0.15, 0.2) is 0 Å². The first-order valence-corrected chi connectivity index (χ1v) is 10.7. The van der Waals surface area contributed by atoms with E-state index in [4.69, 9.17) is 9.26 Å². The Kier molecular flexibility index (Phi) is 5.73. The average Bonchev–Trinajstić information content (AvgIpc) is 3.54. The van der Waals surface area contributed by atoms with E-state index >= 15 is 0 Å². The first kappa shape index (κ1) is 21.3. The van der Waals surface area contributed by atoms with E-state index in [0.29, 0.717) is 42.5 Å². The Balaban J connectivity index is 1.38. The molecule has 0 spiro atoms. The van der Waals surface area contributed by atoms with Crippen LogP contribution in [0.5, 0.6) is 0 Å². The summed E-state index contributed by atoms with van der Waals surface area (Å²) in [6, 6.07) is 9.23.